The van der Waals surface area contributed by atoms with E-state index in [0.717, 1.165) is 45.0 Å². The van der Waals surface area contributed by atoms with Crippen LogP contribution < -0.4 is 10.6 Å². The van der Waals surface area contributed by atoms with Crippen molar-refractivity contribution in [2.45, 2.75) is 32.3 Å². The van der Waals surface area contributed by atoms with Gasteiger partial charge in [0.1, 0.15) is 0 Å². The van der Waals surface area contributed by atoms with Gasteiger partial charge in [-0.2, -0.15) is 0 Å². The highest BCUT2D eigenvalue weighted by molar-refractivity contribution is 5.79. The minimum absolute atomic E-state index is 0.0386. The van der Waals surface area contributed by atoms with Crippen LogP contribution in [-0.4, -0.2) is 87.9 Å². The molecule has 0 aromatic carbocycles. The maximum atomic E-state index is 5.81. The molecule has 2 N–H and O–H groups in total. The third-order valence-electron chi connectivity index (χ3n) is 4.94. The van der Waals surface area contributed by atoms with Crippen molar-refractivity contribution in [1.29, 1.82) is 0 Å². The van der Waals surface area contributed by atoms with Crippen LogP contribution in [0.5, 0.6) is 0 Å². The van der Waals surface area contributed by atoms with Crippen LogP contribution in [0.3, 0.4) is 0 Å². The van der Waals surface area contributed by atoms with E-state index in [1.165, 1.54) is 26.2 Å². The average molecular weight is 326 g/mol. The van der Waals surface area contributed by atoms with Crippen molar-refractivity contribution >= 4 is 5.96 Å². The molecule has 23 heavy (non-hydrogen) atoms. The van der Waals surface area contributed by atoms with Crippen LogP contribution in [0.4, 0.5) is 0 Å². The quantitative estimate of drug-likeness (QED) is 0.553. The monoisotopic (exact) mass is 325 g/mol. The van der Waals surface area contributed by atoms with Crippen LogP contribution in [0.1, 0.15) is 26.7 Å². The molecule has 0 bridgehead atoms. The molecule has 0 radical (unpaired) electrons. The Balaban J connectivity index is 1.64. The third-order valence-corrected chi connectivity index (χ3v) is 4.94. The number of hydrogen-bond donors (Lipinski definition) is 2. The minimum atomic E-state index is -0.0386. The number of nitrogens with one attached hydrogen (secondary N) is 2. The molecule has 2 aliphatic rings. The smallest absolute Gasteiger partial charge is 0.191 e. The van der Waals surface area contributed by atoms with Crippen molar-refractivity contribution in [3.8, 4) is 0 Å². The van der Waals surface area contributed by atoms with Gasteiger partial charge in [-0.25, -0.2) is 0 Å². The third kappa shape index (κ3) is 6.28. The molecule has 134 valence electrons. The Hall–Kier alpha value is -0.850. The fourth-order valence-corrected chi connectivity index (χ4v) is 3.27. The van der Waals surface area contributed by atoms with E-state index in [1.807, 2.05) is 7.05 Å². The highest BCUT2D eigenvalue weighted by Crippen LogP contribution is 2.23. The van der Waals surface area contributed by atoms with E-state index in [2.05, 4.69) is 46.3 Å². The lowest BCUT2D eigenvalue weighted by Gasteiger charge is -2.34. The fourth-order valence-electron chi connectivity index (χ4n) is 3.27. The summed E-state index contributed by atoms with van der Waals surface area (Å²) in [6.07, 6.45) is 2.28. The van der Waals surface area contributed by atoms with E-state index in [0.29, 0.717) is 5.92 Å². The lowest BCUT2D eigenvalue weighted by Crippen LogP contribution is -2.49. The predicted octanol–water partition coefficient (Wildman–Crippen LogP) is 0.604. The average Bonchev–Trinajstić information content (AvgIpc) is 2.97. The number of guanidine groups is 1. The van der Waals surface area contributed by atoms with Crippen LogP contribution in [0.25, 0.3) is 0 Å². The van der Waals surface area contributed by atoms with Gasteiger partial charge in [0.15, 0.2) is 5.96 Å². The van der Waals surface area contributed by atoms with Gasteiger partial charge in [0, 0.05) is 59.5 Å². The van der Waals surface area contributed by atoms with Crippen LogP contribution >= 0.6 is 0 Å². The van der Waals surface area contributed by atoms with Crippen molar-refractivity contribution in [2.24, 2.45) is 10.9 Å². The number of nitrogens with zero attached hydrogens (tertiary/aromatic N) is 3. The summed E-state index contributed by atoms with van der Waals surface area (Å²) in [5, 5.41) is 6.87. The van der Waals surface area contributed by atoms with Gasteiger partial charge in [-0.3, -0.25) is 4.99 Å². The SMILES string of the molecule is CN=C(NCC(C)CN1CCN(C)CC1)NCC1(C)CCCO1. The van der Waals surface area contributed by atoms with Crippen LogP contribution in [0.2, 0.25) is 0 Å². The summed E-state index contributed by atoms with van der Waals surface area (Å²) >= 11 is 0. The Morgan fingerprint density at radius 1 is 1.26 bits per heavy atom. The van der Waals surface area contributed by atoms with Gasteiger partial charge in [0.25, 0.3) is 0 Å². The van der Waals surface area contributed by atoms with Crippen LogP contribution in [0.15, 0.2) is 4.99 Å². The molecule has 0 spiro atoms. The van der Waals surface area contributed by atoms with Gasteiger partial charge in [-0.15, -0.1) is 0 Å². The number of likely N-dealkylation sites (N-methyl/N-ethyl adjacent to an activating group) is 1. The Labute approximate surface area is 141 Å². The highest BCUT2D eigenvalue weighted by atomic mass is 16.5. The molecule has 2 rings (SSSR count). The number of ether oxygens (including phenoxy) is 1. The zero-order chi connectivity index (χ0) is 16.7. The zero-order valence-corrected chi connectivity index (χ0v) is 15.4. The lowest BCUT2D eigenvalue weighted by molar-refractivity contribution is 0.0242. The Morgan fingerprint density at radius 2 is 2.00 bits per heavy atom. The number of rotatable bonds is 6. The van der Waals surface area contributed by atoms with Crippen LogP contribution in [-0.2, 0) is 4.74 Å². The summed E-state index contributed by atoms with van der Waals surface area (Å²) in [4.78, 5) is 9.29. The molecule has 0 saturated carbocycles. The first-order valence-electron chi connectivity index (χ1n) is 9.00. The molecular formula is C17H35N5O. The standard InChI is InChI=1S/C17H35N5O/c1-15(13-22-9-7-21(4)8-10-22)12-19-16(18-3)20-14-17(2)6-5-11-23-17/h15H,5-14H2,1-4H3,(H2,18,19,20). The minimum Gasteiger partial charge on any atom is -0.373 e. The second-order valence-electron chi connectivity index (χ2n) is 7.42. The van der Waals surface area contributed by atoms with Crippen molar-refractivity contribution in [1.82, 2.24) is 20.4 Å². The van der Waals surface area contributed by atoms with Crippen molar-refractivity contribution in [3.05, 3.63) is 0 Å². The number of piperazine rings is 1. The van der Waals surface area contributed by atoms with Crippen molar-refractivity contribution in [3.63, 3.8) is 0 Å². The molecule has 6 nitrogen and oxygen atoms in total. The second kappa shape index (κ2) is 8.85. The van der Waals surface area contributed by atoms with Gasteiger partial charge in [-0.1, -0.05) is 6.92 Å². The van der Waals surface area contributed by atoms with Gasteiger partial charge in [-0.05, 0) is 32.7 Å². The van der Waals surface area contributed by atoms with E-state index < -0.39 is 0 Å². The topological polar surface area (TPSA) is 52.1 Å². The number of hydrogen-bond acceptors (Lipinski definition) is 4. The first-order valence-corrected chi connectivity index (χ1v) is 9.00. The largest absolute Gasteiger partial charge is 0.373 e. The molecule has 0 aliphatic carbocycles. The second-order valence-corrected chi connectivity index (χ2v) is 7.42. The summed E-state index contributed by atoms with van der Waals surface area (Å²) in [6, 6.07) is 0. The summed E-state index contributed by atoms with van der Waals surface area (Å²) in [5.74, 6) is 1.49. The van der Waals surface area contributed by atoms with E-state index >= 15 is 0 Å². The Morgan fingerprint density at radius 3 is 2.61 bits per heavy atom. The Kier molecular flexibility index (Phi) is 7.11. The van der Waals surface area contributed by atoms with Crippen LogP contribution in [0, 0.1) is 5.92 Å². The first kappa shape index (κ1) is 18.5. The molecule has 2 saturated heterocycles. The molecular weight excluding hydrogens is 290 g/mol. The molecule has 2 heterocycles. The molecule has 2 aliphatic heterocycles. The van der Waals surface area contributed by atoms with Gasteiger partial charge >= 0.3 is 0 Å². The summed E-state index contributed by atoms with van der Waals surface area (Å²) in [5.41, 5.74) is -0.0386. The Bertz CT molecular complexity index is 373. The maximum absolute atomic E-state index is 5.81. The van der Waals surface area contributed by atoms with E-state index in [-0.39, 0.29) is 5.60 Å². The molecule has 0 amide bonds. The fraction of sp³-hybridized carbons (Fsp3) is 0.941. The van der Waals surface area contributed by atoms with Gasteiger partial charge in [0.2, 0.25) is 0 Å². The van der Waals surface area contributed by atoms with E-state index in [4.69, 9.17) is 4.74 Å². The summed E-state index contributed by atoms with van der Waals surface area (Å²) in [6.45, 7) is 13.0. The molecule has 2 atom stereocenters. The zero-order valence-electron chi connectivity index (χ0n) is 15.4. The molecule has 6 heteroatoms. The maximum Gasteiger partial charge on any atom is 0.191 e. The lowest BCUT2D eigenvalue weighted by atomic mass is 10.0. The van der Waals surface area contributed by atoms with E-state index in [1.54, 1.807) is 0 Å². The molecule has 2 unspecified atom stereocenters. The van der Waals surface area contributed by atoms with Gasteiger partial charge in [0.05, 0.1) is 5.60 Å². The van der Waals surface area contributed by atoms with Gasteiger partial charge < -0.3 is 25.2 Å². The normalized spacial score (nSPS) is 28.8. The molecule has 0 aromatic heterocycles. The molecule has 0 aromatic rings. The predicted molar refractivity (Wildman–Crippen MR) is 96.1 cm³/mol. The number of aliphatic imine (C=N–C) groups is 1. The highest BCUT2D eigenvalue weighted by Gasteiger charge is 2.29. The first-order chi connectivity index (χ1) is 11.0. The molecule has 2 fully saturated rings. The van der Waals surface area contributed by atoms with Crippen molar-refractivity contribution < 1.29 is 4.74 Å². The van der Waals surface area contributed by atoms with E-state index in [9.17, 15) is 0 Å². The van der Waals surface area contributed by atoms with Crippen molar-refractivity contribution in [2.75, 3.05) is 66.5 Å². The summed E-state index contributed by atoms with van der Waals surface area (Å²) < 4.78 is 5.81. The summed E-state index contributed by atoms with van der Waals surface area (Å²) in [7, 11) is 4.03.